The highest BCUT2D eigenvalue weighted by Gasteiger charge is 2.19. The van der Waals surface area contributed by atoms with Gasteiger partial charge in [-0.25, -0.2) is 8.42 Å². The second-order valence-corrected chi connectivity index (χ2v) is 5.75. The molecule has 2 N–H and O–H groups in total. The molecular weight excluding hydrogens is 292 g/mol. The van der Waals surface area contributed by atoms with Gasteiger partial charge in [-0.05, 0) is 24.3 Å². The second-order valence-electron chi connectivity index (χ2n) is 4.10. The van der Waals surface area contributed by atoms with Crippen LogP contribution in [0.15, 0.2) is 47.4 Å². The summed E-state index contributed by atoms with van der Waals surface area (Å²) in [5.74, 6) is 0.125. The van der Waals surface area contributed by atoms with E-state index in [-0.39, 0.29) is 21.9 Å². The summed E-state index contributed by atoms with van der Waals surface area (Å²) >= 11 is 0. The fourth-order valence-electron chi connectivity index (χ4n) is 1.72. The number of benzene rings is 2. The molecule has 0 aliphatic heterocycles. The molecule has 7 heteroatoms. The summed E-state index contributed by atoms with van der Waals surface area (Å²) in [6, 6.07) is 11.8. The molecule has 0 saturated heterocycles. The van der Waals surface area contributed by atoms with Crippen molar-refractivity contribution in [2.24, 2.45) is 0 Å². The molecule has 0 aliphatic rings. The molecule has 0 spiro atoms. The van der Waals surface area contributed by atoms with E-state index in [9.17, 15) is 13.5 Å². The smallest absolute Gasteiger partial charge is 0.263 e. The SMILES string of the molecule is COc1ccc(NS(=O)(=O)c2ccccc2C#N)c(O)c1. The first kappa shape index (κ1) is 14.7. The van der Waals surface area contributed by atoms with Crippen molar-refractivity contribution in [3.63, 3.8) is 0 Å². The maximum atomic E-state index is 12.3. The van der Waals surface area contributed by atoms with Crippen molar-refractivity contribution >= 4 is 15.7 Å². The summed E-state index contributed by atoms with van der Waals surface area (Å²) in [4.78, 5) is -0.150. The molecule has 21 heavy (non-hydrogen) atoms. The number of phenols is 1. The first-order valence-corrected chi connectivity index (χ1v) is 7.35. The molecule has 2 aromatic rings. The largest absolute Gasteiger partial charge is 0.506 e. The predicted molar refractivity (Wildman–Crippen MR) is 76.6 cm³/mol. The van der Waals surface area contributed by atoms with E-state index in [1.165, 1.54) is 43.5 Å². The summed E-state index contributed by atoms with van der Waals surface area (Å²) in [5, 5.41) is 18.7. The summed E-state index contributed by atoms with van der Waals surface area (Å²) < 4.78 is 31.7. The highest BCUT2D eigenvalue weighted by Crippen LogP contribution is 2.30. The number of phenolic OH excluding ortho intramolecular Hbond substituents is 1. The molecule has 108 valence electrons. The van der Waals surface area contributed by atoms with E-state index in [2.05, 4.69) is 4.72 Å². The molecule has 0 atom stereocenters. The minimum Gasteiger partial charge on any atom is -0.506 e. The Hall–Kier alpha value is -2.72. The van der Waals surface area contributed by atoms with Crippen molar-refractivity contribution < 1.29 is 18.3 Å². The van der Waals surface area contributed by atoms with E-state index >= 15 is 0 Å². The number of methoxy groups -OCH3 is 1. The Labute approximate surface area is 122 Å². The Bertz CT molecular complexity index is 810. The van der Waals surface area contributed by atoms with Crippen molar-refractivity contribution in [3.05, 3.63) is 48.0 Å². The molecule has 0 saturated carbocycles. The van der Waals surface area contributed by atoms with Gasteiger partial charge in [0.05, 0.1) is 18.4 Å². The lowest BCUT2D eigenvalue weighted by Gasteiger charge is -2.11. The van der Waals surface area contributed by atoms with Crippen molar-refractivity contribution in [2.45, 2.75) is 4.90 Å². The molecule has 0 heterocycles. The summed E-state index contributed by atoms with van der Waals surface area (Å²) in [5.41, 5.74) is 0.0292. The van der Waals surface area contributed by atoms with Gasteiger partial charge in [-0.3, -0.25) is 4.72 Å². The second kappa shape index (κ2) is 5.73. The number of ether oxygens (including phenoxy) is 1. The van der Waals surface area contributed by atoms with E-state index in [0.717, 1.165) is 0 Å². The first-order chi connectivity index (χ1) is 9.97. The predicted octanol–water partition coefficient (Wildman–Crippen LogP) is 2.07. The topological polar surface area (TPSA) is 99.4 Å². The molecular formula is C14H12N2O4S. The average Bonchev–Trinajstić information content (AvgIpc) is 2.49. The van der Waals surface area contributed by atoms with Gasteiger partial charge in [0.25, 0.3) is 10.0 Å². The monoisotopic (exact) mass is 304 g/mol. The van der Waals surface area contributed by atoms with Crippen LogP contribution >= 0.6 is 0 Å². The van der Waals surface area contributed by atoms with Gasteiger partial charge < -0.3 is 9.84 Å². The molecule has 0 aliphatic carbocycles. The van der Waals surface area contributed by atoms with E-state index in [1.54, 1.807) is 6.07 Å². The van der Waals surface area contributed by atoms with Crippen LogP contribution in [0.2, 0.25) is 0 Å². The minimum absolute atomic E-state index is 0.00328. The fourth-order valence-corrected chi connectivity index (χ4v) is 2.95. The lowest BCUT2D eigenvalue weighted by molar-refractivity contribution is 0.408. The first-order valence-electron chi connectivity index (χ1n) is 5.87. The normalized spacial score (nSPS) is 10.7. The van der Waals surface area contributed by atoms with Crippen molar-refractivity contribution in [1.29, 1.82) is 5.26 Å². The third kappa shape index (κ3) is 3.07. The molecule has 0 amide bonds. The van der Waals surface area contributed by atoms with Gasteiger partial charge in [0.15, 0.2) is 0 Å². The van der Waals surface area contributed by atoms with Gasteiger partial charge in [-0.2, -0.15) is 5.26 Å². The highest BCUT2D eigenvalue weighted by molar-refractivity contribution is 7.92. The number of sulfonamides is 1. The molecule has 0 unspecified atom stereocenters. The number of nitrogens with one attached hydrogen (secondary N) is 1. The number of anilines is 1. The summed E-state index contributed by atoms with van der Waals surface area (Å²) in [7, 11) is -2.54. The van der Waals surface area contributed by atoms with Crippen LogP contribution in [-0.4, -0.2) is 20.6 Å². The third-order valence-electron chi connectivity index (χ3n) is 2.75. The van der Waals surface area contributed by atoms with Crippen molar-refractivity contribution in [2.75, 3.05) is 11.8 Å². The van der Waals surface area contributed by atoms with Crippen LogP contribution in [-0.2, 0) is 10.0 Å². The Morgan fingerprint density at radius 2 is 1.95 bits per heavy atom. The van der Waals surface area contributed by atoms with Gasteiger partial charge in [0.1, 0.15) is 22.5 Å². The maximum absolute atomic E-state index is 12.3. The van der Waals surface area contributed by atoms with E-state index in [4.69, 9.17) is 10.00 Å². The Morgan fingerprint density at radius 1 is 1.24 bits per heavy atom. The molecule has 6 nitrogen and oxygen atoms in total. The van der Waals surface area contributed by atoms with Gasteiger partial charge in [0, 0.05) is 6.07 Å². The lowest BCUT2D eigenvalue weighted by Crippen LogP contribution is -2.14. The van der Waals surface area contributed by atoms with Crippen LogP contribution in [0.4, 0.5) is 5.69 Å². The maximum Gasteiger partial charge on any atom is 0.263 e. The number of nitriles is 1. The van der Waals surface area contributed by atoms with Crippen LogP contribution in [0.3, 0.4) is 0 Å². The Kier molecular flexibility index (Phi) is 4.00. The molecule has 2 rings (SSSR count). The van der Waals surface area contributed by atoms with Gasteiger partial charge in [-0.1, -0.05) is 12.1 Å². The number of hydrogen-bond donors (Lipinski definition) is 2. The zero-order chi connectivity index (χ0) is 15.5. The van der Waals surface area contributed by atoms with Crippen LogP contribution in [0.5, 0.6) is 11.5 Å². The standard InChI is InChI=1S/C14H12N2O4S/c1-20-11-6-7-12(13(17)8-11)16-21(18,19)14-5-3-2-4-10(14)9-15/h2-8,16-17H,1H3. The molecule has 0 radical (unpaired) electrons. The molecule has 0 bridgehead atoms. The zero-order valence-electron chi connectivity index (χ0n) is 11.1. The quantitative estimate of drug-likeness (QED) is 0.842. The van der Waals surface area contributed by atoms with E-state index in [1.807, 2.05) is 6.07 Å². The Morgan fingerprint density at radius 3 is 2.57 bits per heavy atom. The summed E-state index contributed by atoms with van der Waals surface area (Å²) in [6.07, 6.45) is 0. The fraction of sp³-hybridized carbons (Fsp3) is 0.0714. The summed E-state index contributed by atoms with van der Waals surface area (Å²) in [6.45, 7) is 0. The Balaban J connectivity index is 2.41. The van der Waals surface area contributed by atoms with Crippen LogP contribution in [0, 0.1) is 11.3 Å². The van der Waals surface area contributed by atoms with Crippen LogP contribution in [0.25, 0.3) is 0 Å². The number of nitrogens with zero attached hydrogens (tertiary/aromatic N) is 1. The van der Waals surface area contributed by atoms with Gasteiger partial charge in [-0.15, -0.1) is 0 Å². The molecule has 0 fully saturated rings. The minimum atomic E-state index is -3.97. The van der Waals surface area contributed by atoms with Gasteiger partial charge in [0.2, 0.25) is 0 Å². The van der Waals surface area contributed by atoms with Crippen molar-refractivity contribution in [3.8, 4) is 17.6 Å². The molecule has 0 aromatic heterocycles. The number of hydrogen-bond acceptors (Lipinski definition) is 5. The lowest BCUT2D eigenvalue weighted by atomic mass is 10.2. The third-order valence-corrected chi connectivity index (χ3v) is 4.17. The molecule has 2 aromatic carbocycles. The zero-order valence-corrected chi connectivity index (χ0v) is 11.9. The highest BCUT2D eigenvalue weighted by atomic mass is 32.2. The van der Waals surface area contributed by atoms with Crippen LogP contribution < -0.4 is 9.46 Å². The van der Waals surface area contributed by atoms with E-state index < -0.39 is 10.0 Å². The van der Waals surface area contributed by atoms with E-state index in [0.29, 0.717) is 5.75 Å². The van der Waals surface area contributed by atoms with Crippen molar-refractivity contribution in [1.82, 2.24) is 0 Å². The van der Waals surface area contributed by atoms with Crippen LogP contribution in [0.1, 0.15) is 5.56 Å². The van der Waals surface area contributed by atoms with Gasteiger partial charge >= 0.3 is 0 Å². The number of rotatable bonds is 4. The average molecular weight is 304 g/mol. The number of aromatic hydroxyl groups is 1.